The molecule has 2 bridgehead atoms. The molecule has 0 aliphatic carbocycles. The van der Waals surface area contributed by atoms with Crippen molar-refractivity contribution >= 4 is 49.9 Å². The number of H-pyrrole nitrogens is 1. The minimum atomic E-state index is 0. The molecule has 0 saturated carbocycles. The van der Waals surface area contributed by atoms with Gasteiger partial charge in [0.25, 0.3) is 0 Å². The maximum absolute atomic E-state index is 4.90. The molecule has 0 aromatic carbocycles. The van der Waals surface area contributed by atoms with Crippen LogP contribution in [-0.2, 0) is 0 Å². The van der Waals surface area contributed by atoms with Gasteiger partial charge >= 0.3 is 0 Å². The van der Waals surface area contributed by atoms with Crippen LogP contribution in [0.4, 0.5) is 5.13 Å². The lowest BCUT2D eigenvalue weighted by Gasteiger charge is -2.45. The fourth-order valence-electron chi connectivity index (χ4n) is 5.03. The number of halogens is 1. The topological polar surface area (TPSA) is 108 Å². The molecule has 0 amide bonds. The number of piperidine rings is 1. The molecule has 1 unspecified atom stereocenters. The van der Waals surface area contributed by atoms with E-state index in [1.54, 1.807) is 29.9 Å². The molecule has 2 N–H and O–H groups in total. The predicted molar refractivity (Wildman–Crippen MR) is 130 cm³/mol. The lowest BCUT2D eigenvalue weighted by Crippen LogP contribution is -2.58. The molecule has 2 aliphatic rings. The van der Waals surface area contributed by atoms with E-state index in [2.05, 4.69) is 56.5 Å². The molecule has 4 aromatic heterocycles. The third-order valence-corrected chi connectivity index (χ3v) is 8.68. The average Bonchev–Trinajstić information content (AvgIpc) is 3.50. The minimum Gasteiger partial charge on any atom is -0.348 e. The molecule has 32 heavy (non-hydrogen) atoms. The number of hydrogen-bond acceptors (Lipinski definition) is 10. The molecule has 3 atom stereocenters. The third-order valence-electron chi connectivity index (χ3n) is 6.57. The summed E-state index contributed by atoms with van der Waals surface area (Å²) in [4.78, 5) is 18.3. The standard InChI is InChI=1S/C20H23N9S2.ClH/c1-19-4-5-20(2,28-19)7-12(6-19)29(3)18-25-17-16(31-18)24-15(30-17)14-21-10-13(26-27-14)11-8-22-23-9-11;/h8-10,12,28H,4-7H2,1-3H3,(H,22,23);1H/t12?,19-,20+;. The van der Waals surface area contributed by atoms with E-state index in [9.17, 15) is 0 Å². The van der Waals surface area contributed by atoms with Crippen molar-refractivity contribution in [3.05, 3.63) is 18.6 Å². The van der Waals surface area contributed by atoms with Crippen molar-refractivity contribution in [2.24, 2.45) is 0 Å². The van der Waals surface area contributed by atoms with E-state index in [0.717, 1.165) is 38.2 Å². The van der Waals surface area contributed by atoms with Gasteiger partial charge in [0.2, 0.25) is 5.82 Å². The first kappa shape index (κ1) is 21.6. The van der Waals surface area contributed by atoms with E-state index in [1.807, 2.05) is 0 Å². The van der Waals surface area contributed by atoms with Gasteiger partial charge in [-0.1, -0.05) is 22.7 Å². The highest BCUT2D eigenvalue weighted by Gasteiger charge is 2.49. The number of hydrogen-bond donors (Lipinski definition) is 2. The number of nitrogens with one attached hydrogen (secondary N) is 2. The van der Waals surface area contributed by atoms with Crippen LogP contribution >= 0.6 is 35.1 Å². The van der Waals surface area contributed by atoms with E-state index in [4.69, 9.17) is 9.97 Å². The molecule has 0 spiro atoms. The third kappa shape index (κ3) is 3.66. The maximum atomic E-state index is 4.90. The van der Waals surface area contributed by atoms with Crippen LogP contribution in [0.15, 0.2) is 18.6 Å². The van der Waals surface area contributed by atoms with Crippen molar-refractivity contribution in [3.8, 4) is 22.1 Å². The fraction of sp³-hybridized carbons (Fsp3) is 0.500. The molecule has 2 aliphatic heterocycles. The van der Waals surface area contributed by atoms with Crippen molar-refractivity contribution in [2.45, 2.75) is 56.7 Å². The second-order valence-corrected chi connectivity index (χ2v) is 11.1. The second-order valence-electron chi connectivity index (χ2n) is 9.20. The summed E-state index contributed by atoms with van der Waals surface area (Å²) >= 11 is 3.16. The van der Waals surface area contributed by atoms with Gasteiger partial charge in [0.05, 0.1) is 12.4 Å². The average molecular weight is 490 g/mol. The summed E-state index contributed by atoms with van der Waals surface area (Å²) in [7, 11) is 2.17. The lowest BCUT2D eigenvalue weighted by molar-refractivity contribution is 0.208. The van der Waals surface area contributed by atoms with Gasteiger partial charge in [0.1, 0.15) is 5.69 Å². The van der Waals surface area contributed by atoms with Crippen LogP contribution in [0.5, 0.6) is 0 Å². The monoisotopic (exact) mass is 489 g/mol. The fourth-order valence-corrected chi connectivity index (χ4v) is 7.04. The van der Waals surface area contributed by atoms with E-state index in [0.29, 0.717) is 17.6 Å². The Morgan fingerprint density at radius 1 is 1.03 bits per heavy atom. The molecule has 168 valence electrons. The molecule has 2 fully saturated rings. The summed E-state index contributed by atoms with van der Waals surface area (Å²) in [5, 5.41) is 20.8. The summed E-state index contributed by atoms with van der Waals surface area (Å²) < 4.78 is 0. The summed E-state index contributed by atoms with van der Waals surface area (Å²) in [6, 6.07) is 0.487. The van der Waals surface area contributed by atoms with Gasteiger partial charge in [-0.15, -0.1) is 22.6 Å². The zero-order valence-corrected chi connectivity index (χ0v) is 20.4. The van der Waals surface area contributed by atoms with Crippen LogP contribution in [0.2, 0.25) is 0 Å². The summed E-state index contributed by atoms with van der Waals surface area (Å²) in [6.45, 7) is 4.72. The van der Waals surface area contributed by atoms with Gasteiger partial charge in [-0.2, -0.15) is 5.10 Å². The SMILES string of the molecule is CN(c1nc2sc(-c3ncc(-c4cn[nH]c4)nn3)nc2s1)C1C[C@]2(C)CC[C@](C)(C1)N2.Cl. The Bertz CT molecular complexity index is 1190. The number of aromatic nitrogens is 7. The van der Waals surface area contributed by atoms with Gasteiger partial charge in [0, 0.05) is 35.9 Å². The zero-order chi connectivity index (χ0) is 21.2. The van der Waals surface area contributed by atoms with Gasteiger partial charge in [-0.25, -0.2) is 15.0 Å². The Hall–Kier alpha value is -2.21. The van der Waals surface area contributed by atoms with Crippen molar-refractivity contribution in [2.75, 3.05) is 11.9 Å². The number of nitrogens with zero attached hydrogens (tertiary/aromatic N) is 7. The largest absolute Gasteiger partial charge is 0.348 e. The molecular weight excluding hydrogens is 466 g/mol. The Morgan fingerprint density at radius 3 is 2.41 bits per heavy atom. The maximum Gasteiger partial charge on any atom is 0.210 e. The number of aromatic amines is 1. The summed E-state index contributed by atoms with van der Waals surface area (Å²) in [6.07, 6.45) is 9.95. The summed E-state index contributed by atoms with van der Waals surface area (Å²) in [5.41, 5.74) is 2.00. The Morgan fingerprint density at radius 2 is 1.78 bits per heavy atom. The van der Waals surface area contributed by atoms with Crippen LogP contribution in [0.25, 0.3) is 31.8 Å². The van der Waals surface area contributed by atoms with Gasteiger partial charge in [-0.05, 0) is 39.5 Å². The van der Waals surface area contributed by atoms with Gasteiger partial charge in [0.15, 0.2) is 19.8 Å². The van der Waals surface area contributed by atoms with E-state index in [-0.39, 0.29) is 23.5 Å². The number of fused-ring (bicyclic) bond motifs is 3. The molecule has 12 heteroatoms. The highest BCUT2D eigenvalue weighted by atomic mass is 35.5. The normalized spacial score (nSPS) is 26.9. The molecular formula is C20H24ClN9S2. The minimum absolute atomic E-state index is 0. The van der Waals surface area contributed by atoms with Crippen molar-refractivity contribution in [3.63, 3.8) is 0 Å². The molecule has 4 aromatic rings. The zero-order valence-electron chi connectivity index (χ0n) is 18.0. The van der Waals surface area contributed by atoms with E-state index in [1.165, 1.54) is 24.2 Å². The molecule has 2 saturated heterocycles. The van der Waals surface area contributed by atoms with Crippen LogP contribution in [0, 0.1) is 0 Å². The highest BCUT2D eigenvalue weighted by Crippen LogP contribution is 2.45. The van der Waals surface area contributed by atoms with E-state index < -0.39 is 0 Å². The van der Waals surface area contributed by atoms with Crippen molar-refractivity contribution in [1.29, 1.82) is 0 Å². The molecule has 0 radical (unpaired) electrons. The van der Waals surface area contributed by atoms with Crippen LogP contribution in [0.3, 0.4) is 0 Å². The second kappa shape index (κ2) is 7.68. The highest BCUT2D eigenvalue weighted by molar-refractivity contribution is 7.29. The Balaban J connectivity index is 0.00000216. The van der Waals surface area contributed by atoms with Crippen LogP contribution in [0.1, 0.15) is 39.5 Å². The van der Waals surface area contributed by atoms with Crippen LogP contribution in [-0.4, -0.2) is 59.5 Å². The first-order chi connectivity index (χ1) is 14.9. The smallest absolute Gasteiger partial charge is 0.210 e. The Labute approximate surface area is 199 Å². The van der Waals surface area contributed by atoms with Crippen molar-refractivity contribution < 1.29 is 0 Å². The number of thiazole rings is 2. The first-order valence-electron chi connectivity index (χ1n) is 10.4. The summed E-state index contributed by atoms with van der Waals surface area (Å²) in [5.74, 6) is 0.521. The van der Waals surface area contributed by atoms with Gasteiger partial charge in [-0.3, -0.25) is 5.10 Å². The quantitative estimate of drug-likeness (QED) is 0.444. The number of anilines is 1. The molecule has 6 rings (SSSR count). The molecule has 9 nitrogen and oxygen atoms in total. The molecule has 6 heterocycles. The van der Waals surface area contributed by atoms with Gasteiger partial charge < -0.3 is 10.2 Å². The van der Waals surface area contributed by atoms with Crippen LogP contribution < -0.4 is 10.2 Å². The Kier molecular flexibility index (Phi) is 5.19. The van der Waals surface area contributed by atoms with E-state index >= 15 is 0 Å². The predicted octanol–water partition coefficient (Wildman–Crippen LogP) is 3.92. The first-order valence-corrected chi connectivity index (χ1v) is 12.0. The van der Waals surface area contributed by atoms with Crippen molar-refractivity contribution in [1.82, 2.24) is 40.7 Å². The number of rotatable bonds is 4. The lowest BCUT2D eigenvalue weighted by atomic mass is 9.84.